The van der Waals surface area contributed by atoms with Gasteiger partial charge in [-0.05, 0) is 27.2 Å². The van der Waals surface area contributed by atoms with Crippen LogP contribution in [0.5, 0.6) is 0 Å². The van der Waals surface area contributed by atoms with Crippen LogP contribution in [0.2, 0.25) is 0 Å². The summed E-state index contributed by atoms with van der Waals surface area (Å²) in [5.41, 5.74) is -0.552. The van der Waals surface area contributed by atoms with Crippen LogP contribution in [0.15, 0.2) is 12.7 Å². The molecule has 0 unspecified atom stereocenters. The number of carbonyl (C=O) groups is 2. The summed E-state index contributed by atoms with van der Waals surface area (Å²) in [5, 5.41) is 2.53. The molecular formula is C12H21NO4. The van der Waals surface area contributed by atoms with Gasteiger partial charge in [-0.3, -0.25) is 4.79 Å². The minimum atomic E-state index is -0.552. The molecule has 0 heterocycles. The number of alkyl carbamates (subject to hydrolysis) is 1. The Morgan fingerprint density at radius 2 is 2.00 bits per heavy atom. The normalized spacial score (nSPS) is 12.5. The Bertz CT molecular complexity index is 281. The van der Waals surface area contributed by atoms with Gasteiger partial charge in [-0.15, -0.1) is 6.58 Å². The Kier molecular flexibility index (Phi) is 6.31. The number of hydrogen-bond acceptors (Lipinski definition) is 4. The van der Waals surface area contributed by atoms with Gasteiger partial charge in [0.25, 0.3) is 0 Å². The number of methoxy groups -OCH3 is 1. The molecule has 0 aromatic carbocycles. The summed E-state index contributed by atoms with van der Waals surface area (Å²) < 4.78 is 9.67. The maximum atomic E-state index is 11.4. The van der Waals surface area contributed by atoms with Crippen molar-refractivity contribution in [2.45, 2.75) is 32.8 Å². The van der Waals surface area contributed by atoms with Crippen molar-refractivity contribution < 1.29 is 19.1 Å². The van der Waals surface area contributed by atoms with Crippen molar-refractivity contribution in [3.8, 4) is 0 Å². The summed E-state index contributed by atoms with van der Waals surface area (Å²) in [5.74, 6) is -0.800. The van der Waals surface area contributed by atoms with Crippen molar-refractivity contribution in [1.82, 2.24) is 5.32 Å². The Morgan fingerprint density at radius 1 is 1.41 bits per heavy atom. The van der Waals surface area contributed by atoms with E-state index < -0.39 is 17.6 Å². The highest BCUT2D eigenvalue weighted by Gasteiger charge is 2.21. The quantitative estimate of drug-likeness (QED) is 0.591. The Labute approximate surface area is 102 Å². The second-order valence-electron chi connectivity index (χ2n) is 4.63. The predicted octanol–water partition coefficient (Wildman–Crippen LogP) is 1.88. The first-order valence-corrected chi connectivity index (χ1v) is 5.45. The van der Waals surface area contributed by atoms with E-state index in [0.717, 1.165) is 0 Å². The molecule has 0 fully saturated rings. The van der Waals surface area contributed by atoms with Crippen molar-refractivity contribution in [3.05, 3.63) is 12.7 Å². The van der Waals surface area contributed by atoms with Gasteiger partial charge in [-0.2, -0.15) is 0 Å². The number of nitrogens with one attached hydrogen (secondary N) is 1. The summed E-state index contributed by atoms with van der Waals surface area (Å²) in [6.45, 7) is 9.04. The van der Waals surface area contributed by atoms with Gasteiger partial charge in [0.05, 0.1) is 13.0 Å². The SMILES string of the molecule is C=CC[C@H](CNC(=O)OC(C)(C)C)C(=O)OC. The zero-order valence-electron chi connectivity index (χ0n) is 10.9. The lowest BCUT2D eigenvalue weighted by Crippen LogP contribution is -2.37. The van der Waals surface area contributed by atoms with E-state index in [9.17, 15) is 9.59 Å². The fourth-order valence-electron chi connectivity index (χ4n) is 1.15. The standard InChI is InChI=1S/C12H21NO4/c1-6-7-9(10(14)16-5)8-13-11(15)17-12(2,3)4/h6,9H,1,7-8H2,2-5H3,(H,13,15)/t9-/m1/s1. The summed E-state index contributed by atoms with van der Waals surface area (Å²) in [6, 6.07) is 0. The number of hydrogen-bond donors (Lipinski definition) is 1. The van der Waals surface area contributed by atoms with Crippen LogP contribution in [-0.2, 0) is 14.3 Å². The van der Waals surface area contributed by atoms with Crippen LogP contribution in [0.4, 0.5) is 4.79 Å². The molecule has 0 aliphatic carbocycles. The molecule has 0 aromatic heterocycles. The van der Waals surface area contributed by atoms with Gasteiger partial charge in [-0.1, -0.05) is 6.08 Å². The number of carbonyl (C=O) groups excluding carboxylic acids is 2. The molecule has 0 aromatic rings. The maximum Gasteiger partial charge on any atom is 0.407 e. The van der Waals surface area contributed by atoms with Crippen LogP contribution in [0.25, 0.3) is 0 Å². The van der Waals surface area contributed by atoms with Gasteiger partial charge >= 0.3 is 12.1 Å². The average molecular weight is 243 g/mol. The molecule has 1 amide bonds. The molecular weight excluding hydrogens is 222 g/mol. The number of rotatable bonds is 5. The first-order chi connectivity index (χ1) is 7.80. The summed E-state index contributed by atoms with van der Waals surface area (Å²) >= 11 is 0. The Balaban J connectivity index is 4.17. The van der Waals surface area contributed by atoms with Crippen molar-refractivity contribution in [1.29, 1.82) is 0 Å². The first kappa shape index (κ1) is 15.5. The number of allylic oxidation sites excluding steroid dienone is 1. The molecule has 0 aliphatic heterocycles. The zero-order chi connectivity index (χ0) is 13.5. The molecule has 0 aliphatic rings. The molecule has 0 rings (SSSR count). The number of amides is 1. The van der Waals surface area contributed by atoms with Crippen LogP contribution >= 0.6 is 0 Å². The van der Waals surface area contributed by atoms with Gasteiger partial charge < -0.3 is 14.8 Å². The minimum absolute atomic E-state index is 0.174. The predicted molar refractivity (Wildman–Crippen MR) is 64.6 cm³/mol. The van der Waals surface area contributed by atoms with Crippen molar-refractivity contribution >= 4 is 12.1 Å². The van der Waals surface area contributed by atoms with Crippen LogP contribution in [-0.4, -0.2) is 31.3 Å². The highest BCUT2D eigenvalue weighted by molar-refractivity contribution is 5.74. The maximum absolute atomic E-state index is 11.4. The third-order valence-corrected chi connectivity index (χ3v) is 1.88. The lowest BCUT2D eigenvalue weighted by atomic mass is 10.1. The number of ether oxygens (including phenoxy) is 2. The highest BCUT2D eigenvalue weighted by Crippen LogP contribution is 2.08. The molecule has 5 nitrogen and oxygen atoms in total. The summed E-state index contributed by atoms with van der Waals surface area (Å²) in [6.07, 6.45) is 1.51. The van der Waals surface area contributed by atoms with E-state index in [1.165, 1.54) is 7.11 Å². The van der Waals surface area contributed by atoms with Crippen molar-refractivity contribution in [2.75, 3.05) is 13.7 Å². The second kappa shape index (κ2) is 6.93. The van der Waals surface area contributed by atoms with Gasteiger partial charge in [0.1, 0.15) is 5.60 Å². The molecule has 1 N–H and O–H groups in total. The second-order valence-corrected chi connectivity index (χ2v) is 4.63. The Morgan fingerprint density at radius 3 is 2.41 bits per heavy atom. The van der Waals surface area contributed by atoms with Gasteiger partial charge in [0, 0.05) is 6.54 Å². The fraction of sp³-hybridized carbons (Fsp3) is 0.667. The topological polar surface area (TPSA) is 64.6 Å². The van der Waals surface area contributed by atoms with E-state index in [0.29, 0.717) is 6.42 Å². The monoisotopic (exact) mass is 243 g/mol. The van der Waals surface area contributed by atoms with E-state index in [4.69, 9.17) is 4.74 Å². The van der Waals surface area contributed by atoms with Crippen LogP contribution in [0.3, 0.4) is 0 Å². The average Bonchev–Trinajstić information content (AvgIpc) is 2.20. The van der Waals surface area contributed by atoms with Crippen LogP contribution in [0, 0.1) is 5.92 Å². The Hall–Kier alpha value is -1.52. The largest absolute Gasteiger partial charge is 0.469 e. The van der Waals surface area contributed by atoms with E-state index in [-0.39, 0.29) is 12.5 Å². The van der Waals surface area contributed by atoms with E-state index >= 15 is 0 Å². The fourth-order valence-corrected chi connectivity index (χ4v) is 1.15. The van der Waals surface area contributed by atoms with Crippen LogP contribution in [0.1, 0.15) is 27.2 Å². The van der Waals surface area contributed by atoms with E-state index in [1.807, 2.05) is 0 Å². The van der Waals surface area contributed by atoms with E-state index in [2.05, 4.69) is 16.6 Å². The first-order valence-electron chi connectivity index (χ1n) is 5.45. The third kappa shape index (κ3) is 7.38. The molecule has 0 spiro atoms. The third-order valence-electron chi connectivity index (χ3n) is 1.88. The molecule has 5 heteroatoms. The minimum Gasteiger partial charge on any atom is -0.469 e. The van der Waals surface area contributed by atoms with Gasteiger partial charge in [0.2, 0.25) is 0 Å². The molecule has 0 saturated heterocycles. The molecule has 0 saturated carbocycles. The lowest BCUT2D eigenvalue weighted by Gasteiger charge is -2.20. The summed E-state index contributed by atoms with van der Waals surface area (Å²) in [4.78, 5) is 22.7. The van der Waals surface area contributed by atoms with Crippen molar-refractivity contribution in [3.63, 3.8) is 0 Å². The molecule has 0 radical (unpaired) electrons. The van der Waals surface area contributed by atoms with E-state index in [1.54, 1.807) is 26.8 Å². The lowest BCUT2D eigenvalue weighted by molar-refractivity contribution is -0.145. The molecule has 1 atom stereocenters. The smallest absolute Gasteiger partial charge is 0.407 e. The zero-order valence-corrected chi connectivity index (χ0v) is 10.9. The molecule has 17 heavy (non-hydrogen) atoms. The van der Waals surface area contributed by atoms with Crippen molar-refractivity contribution in [2.24, 2.45) is 5.92 Å². The molecule has 0 bridgehead atoms. The van der Waals surface area contributed by atoms with Crippen LogP contribution < -0.4 is 5.32 Å². The molecule has 98 valence electrons. The summed E-state index contributed by atoms with van der Waals surface area (Å²) in [7, 11) is 1.31. The van der Waals surface area contributed by atoms with Gasteiger partial charge in [-0.25, -0.2) is 4.79 Å². The van der Waals surface area contributed by atoms with Gasteiger partial charge in [0.15, 0.2) is 0 Å². The number of esters is 1. The highest BCUT2D eigenvalue weighted by atomic mass is 16.6.